The number of sulfonamides is 1. The Hall–Kier alpha value is -1.70. The Morgan fingerprint density at radius 1 is 1.17 bits per heavy atom. The van der Waals surface area contributed by atoms with Gasteiger partial charge in [0.1, 0.15) is 0 Å². The van der Waals surface area contributed by atoms with Gasteiger partial charge in [-0.1, -0.05) is 0 Å². The number of carbonyl (C=O) groups is 1. The smallest absolute Gasteiger partial charge is 0.254 e. The number of benzene rings is 1. The molecule has 0 radical (unpaired) electrons. The monoisotopic (exact) mass is 362 g/mol. The van der Waals surface area contributed by atoms with Crippen LogP contribution in [0.1, 0.15) is 33.6 Å². The third kappa shape index (κ3) is 3.11. The molecule has 1 aromatic carbocycles. The fraction of sp³-hybridized carbons (Fsp3) is 0.353. The highest BCUT2D eigenvalue weighted by Gasteiger charge is 2.28. The van der Waals surface area contributed by atoms with Gasteiger partial charge in [0, 0.05) is 29.6 Å². The average Bonchev–Trinajstić information content (AvgIpc) is 3.26. The molecule has 0 saturated heterocycles. The van der Waals surface area contributed by atoms with Crippen molar-refractivity contribution in [3.8, 4) is 0 Å². The van der Waals surface area contributed by atoms with Crippen LogP contribution in [0.5, 0.6) is 0 Å². The van der Waals surface area contributed by atoms with E-state index in [4.69, 9.17) is 0 Å². The Balaban J connectivity index is 1.49. The Morgan fingerprint density at radius 3 is 2.62 bits per heavy atom. The largest absolute Gasteiger partial charge is 0.334 e. The molecule has 1 aromatic heterocycles. The molecule has 2 aromatic rings. The van der Waals surface area contributed by atoms with Gasteiger partial charge in [-0.3, -0.25) is 4.79 Å². The number of hydrogen-bond donors (Lipinski definition) is 1. The van der Waals surface area contributed by atoms with Gasteiger partial charge in [-0.05, 0) is 60.5 Å². The normalized spacial score (nSPS) is 17.6. The van der Waals surface area contributed by atoms with Crippen LogP contribution >= 0.6 is 11.3 Å². The van der Waals surface area contributed by atoms with Crippen LogP contribution in [-0.2, 0) is 23.0 Å². The number of hydrogen-bond acceptors (Lipinski definition) is 4. The molecule has 5 nitrogen and oxygen atoms in total. The van der Waals surface area contributed by atoms with Gasteiger partial charge in [0.05, 0.1) is 4.90 Å². The zero-order chi connectivity index (χ0) is 16.7. The van der Waals surface area contributed by atoms with Crippen LogP contribution in [-0.4, -0.2) is 31.8 Å². The molecule has 1 N–H and O–H groups in total. The molecule has 1 aliphatic heterocycles. The molecular formula is C17H18N2O3S2. The van der Waals surface area contributed by atoms with Crippen molar-refractivity contribution in [3.63, 3.8) is 0 Å². The summed E-state index contributed by atoms with van der Waals surface area (Å²) in [5.74, 6) is -0.0500. The molecule has 1 aliphatic carbocycles. The zero-order valence-corrected chi connectivity index (χ0v) is 14.7. The third-order valence-corrected chi connectivity index (χ3v) is 6.97. The van der Waals surface area contributed by atoms with E-state index in [0.29, 0.717) is 18.7 Å². The summed E-state index contributed by atoms with van der Waals surface area (Å²) < 4.78 is 27.0. The van der Waals surface area contributed by atoms with Crippen LogP contribution in [0, 0.1) is 0 Å². The minimum absolute atomic E-state index is 0.0500. The van der Waals surface area contributed by atoms with Gasteiger partial charge in [0.2, 0.25) is 10.0 Å². The Kier molecular flexibility index (Phi) is 3.94. The Bertz CT molecular complexity index is 867. The highest BCUT2D eigenvalue weighted by Crippen LogP contribution is 2.26. The minimum Gasteiger partial charge on any atom is -0.334 e. The lowest BCUT2D eigenvalue weighted by Gasteiger charge is -2.27. The molecule has 1 amide bonds. The van der Waals surface area contributed by atoms with E-state index in [1.807, 2.05) is 4.90 Å². The molecule has 24 heavy (non-hydrogen) atoms. The van der Waals surface area contributed by atoms with Crippen molar-refractivity contribution < 1.29 is 13.2 Å². The van der Waals surface area contributed by atoms with Crippen molar-refractivity contribution in [1.82, 2.24) is 9.62 Å². The SMILES string of the molecule is O=C(c1ccc(S(=O)(=O)NC2CC2)cc1)N1CCc2sccc2C1. The number of nitrogens with one attached hydrogen (secondary N) is 1. The molecule has 0 unspecified atom stereocenters. The second-order valence-corrected chi connectivity index (χ2v) is 8.98. The number of amides is 1. The maximum absolute atomic E-state index is 12.6. The van der Waals surface area contributed by atoms with E-state index in [2.05, 4.69) is 16.2 Å². The van der Waals surface area contributed by atoms with Crippen LogP contribution in [0.4, 0.5) is 0 Å². The third-order valence-electron chi connectivity index (χ3n) is 4.41. The molecule has 126 valence electrons. The lowest BCUT2D eigenvalue weighted by Crippen LogP contribution is -2.35. The van der Waals surface area contributed by atoms with Gasteiger partial charge in [0.25, 0.3) is 5.91 Å². The lowest BCUT2D eigenvalue weighted by atomic mass is 10.1. The first kappa shape index (κ1) is 15.8. The first-order valence-corrected chi connectivity index (χ1v) is 10.4. The molecule has 0 bridgehead atoms. The molecule has 1 fully saturated rings. The molecule has 1 saturated carbocycles. The van der Waals surface area contributed by atoms with E-state index in [9.17, 15) is 13.2 Å². The van der Waals surface area contributed by atoms with E-state index in [1.165, 1.54) is 22.6 Å². The van der Waals surface area contributed by atoms with Crippen molar-refractivity contribution in [2.75, 3.05) is 6.54 Å². The van der Waals surface area contributed by atoms with E-state index >= 15 is 0 Å². The van der Waals surface area contributed by atoms with Crippen LogP contribution in [0.2, 0.25) is 0 Å². The summed E-state index contributed by atoms with van der Waals surface area (Å²) in [6.45, 7) is 1.33. The first-order valence-electron chi connectivity index (χ1n) is 8.00. The average molecular weight is 362 g/mol. The molecular weight excluding hydrogens is 344 g/mol. The highest BCUT2D eigenvalue weighted by molar-refractivity contribution is 7.89. The molecule has 2 heterocycles. The topological polar surface area (TPSA) is 66.5 Å². The van der Waals surface area contributed by atoms with Gasteiger partial charge in [-0.2, -0.15) is 0 Å². The summed E-state index contributed by atoms with van der Waals surface area (Å²) >= 11 is 1.74. The predicted octanol–water partition coefficient (Wildman–Crippen LogP) is 2.39. The van der Waals surface area contributed by atoms with Crippen LogP contribution in [0.25, 0.3) is 0 Å². The van der Waals surface area contributed by atoms with Crippen molar-refractivity contribution in [2.45, 2.75) is 36.7 Å². The number of fused-ring (bicyclic) bond motifs is 1. The van der Waals surface area contributed by atoms with Gasteiger partial charge in [-0.15, -0.1) is 11.3 Å². The van der Waals surface area contributed by atoms with E-state index in [1.54, 1.807) is 23.5 Å². The van der Waals surface area contributed by atoms with Crippen molar-refractivity contribution in [1.29, 1.82) is 0 Å². The van der Waals surface area contributed by atoms with Gasteiger partial charge in [-0.25, -0.2) is 13.1 Å². The first-order chi connectivity index (χ1) is 11.5. The second-order valence-electron chi connectivity index (χ2n) is 6.27. The van der Waals surface area contributed by atoms with Crippen LogP contribution in [0.15, 0.2) is 40.6 Å². The zero-order valence-electron chi connectivity index (χ0n) is 13.1. The van der Waals surface area contributed by atoms with Gasteiger partial charge < -0.3 is 4.90 Å². The molecule has 0 atom stereocenters. The molecule has 7 heteroatoms. The Morgan fingerprint density at radius 2 is 1.92 bits per heavy atom. The quantitative estimate of drug-likeness (QED) is 0.908. The summed E-state index contributed by atoms with van der Waals surface area (Å²) in [7, 11) is -3.47. The van der Waals surface area contributed by atoms with E-state index in [-0.39, 0.29) is 16.8 Å². The molecule has 0 spiro atoms. The van der Waals surface area contributed by atoms with Crippen molar-refractivity contribution in [3.05, 3.63) is 51.7 Å². The predicted molar refractivity (Wildman–Crippen MR) is 92.5 cm³/mol. The number of rotatable bonds is 4. The summed E-state index contributed by atoms with van der Waals surface area (Å²) in [6.07, 6.45) is 2.68. The Labute approximate surface area is 145 Å². The standard InChI is InChI=1S/C17H18N2O3S2/c20-17(19-9-7-16-13(11-19)8-10-23-16)12-1-5-15(6-2-12)24(21,22)18-14-3-4-14/h1-2,5-6,8,10,14,18H,3-4,7,9,11H2. The van der Waals surface area contributed by atoms with Gasteiger partial charge >= 0.3 is 0 Å². The molecule has 2 aliphatic rings. The second kappa shape index (κ2) is 5.98. The lowest BCUT2D eigenvalue weighted by molar-refractivity contribution is 0.0736. The summed E-state index contributed by atoms with van der Waals surface area (Å²) in [4.78, 5) is 16.0. The van der Waals surface area contributed by atoms with Crippen LogP contribution < -0.4 is 4.72 Å². The fourth-order valence-electron chi connectivity index (χ4n) is 2.87. The maximum Gasteiger partial charge on any atom is 0.254 e. The maximum atomic E-state index is 12.6. The van der Waals surface area contributed by atoms with E-state index < -0.39 is 10.0 Å². The minimum atomic E-state index is -3.47. The van der Waals surface area contributed by atoms with E-state index in [0.717, 1.165) is 19.3 Å². The summed E-state index contributed by atoms with van der Waals surface area (Å²) in [5, 5.41) is 2.06. The number of nitrogens with zero attached hydrogens (tertiary/aromatic N) is 1. The number of thiophene rings is 1. The van der Waals surface area contributed by atoms with Crippen molar-refractivity contribution in [2.24, 2.45) is 0 Å². The molecule has 4 rings (SSSR count). The highest BCUT2D eigenvalue weighted by atomic mass is 32.2. The fourth-order valence-corrected chi connectivity index (χ4v) is 5.06. The van der Waals surface area contributed by atoms with Gasteiger partial charge in [0.15, 0.2) is 0 Å². The summed E-state index contributed by atoms with van der Waals surface area (Å²) in [5.41, 5.74) is 1.74. The van der Waals surface area contributed by atoms with Crippen molar-refractivity contribution >= 4 is 27.3 Å². The summed E-state index contributed by atoms with van der Waals surface area (Å²) in [6, 6.07) is 8.37. The van der Waals surface area contributed by atoms with Crippen LogP contribution in [0.3, 0.4) is 0 Å². The number of carbonyl (C=O) groups excluding carboxylic acids is 1.